The minimum Gasteiger partial charge on any atom is -0.336 e. The summed E-state index contributed by atoms with van der Waals surface area (Å²) in [7, 11) is 0. The van der Waals surface area contributed by atoms with E-state index in [4.69, 9.17) is 0 Å². The van der Waals surface area contributed by atoms with Crippen molar-refractivity contribution >= 4 is 11.6 Å². The first-order valence-corrected chi connectivity index (χ1v) is 7.10. The van der Waals surface area contributed by atoms with Gasteiger partial charge in [0.1, 0.15) is 0 Å². The van der Waals surface area contributed by atoms with Gasteiger partial charge in [-0.2, -0.15) is 0 Å². The van der Waals surface area contributed by atoms with Crippen LogP contribution in [0.3, 0.4) is 0 Å². The Balaban J connectivity index is 2.28. The van der Waals surface area contributed by atoms with Gasteiger partial charge in [-0.3, -0.25) is 14.9 Å². The van der Waals surface area contributed by atoms with Gasteiger partial charge in [0.15, 0.2) is 0 Å². The highest BCUT2D eigenvalue weighted by Crippen LogP contribution is 2.24. The molecule has 0 bridgehead atoms. The van der Waals surface area contributed by atoms with Crippen molar-refractivity contribution in [3.8, 4) is 0 Å². The molecule has 1 atom stereocenters. The first-order valence-electron chi connectivity index (χ1n) is 7.10. The molecule has 1 amide bonds. The molecule has 20 heavy (non-hydrogen) atoms. The number of carbonyl (C=O) groups is 1. The molecule has 0 N–H and O–H groups in total. The lowest BCUT2D eigenvalue weighted by Crippen LogP contribution is -2.43. The van der Waals surface area contributed by atoms with E-state index in [1.807, 2.05) is 4.90 Å². The molecule has 0 aromatic heterocycles. The Morgan fingerprint density at radius 2 is 2.20 bits per heavy atom. The number of aryl methyl sites for hydroxylation is 1. The number of carbonyl (C=O) groups excluding carboxylic acids is 1. The van der Waals surface area contributed by atoms with E-state index < -0.39 is 4.92 Å². The average molecular weight is 276 g/mol. The summed E-state index contributed by atoms with van der Waals surface area (Å²) in [5.41, 5.74) is 1.01. The summed E-state index contributed by atoms with van der Waals surface area (Å²) in [5.74, 6) is -0.0837. The first kappa shape index (κ1) is 14.5. The summed E-state index contributed by atoms with van der Waals surface area (Å²) in [5, 5.41) is 11.0. The Morgan fingerprint density at radius 3 is 2.85 bits per heavy atom. The Morgan fingerprint density at radius 1 is 1.45 bits per heavy atom. The number of amides is 1. The summed E-state index contributed by atoms with van der Waals surface area (Å²) < 4.78 is 0. The molecule has 0 aliphatic carbocycles. The Hall–Kier alpha value is -1.91. The van der Waals surface area contributed by atoms with Gasteiger partial charge in [0.05, 0.1) is 4.92 Å². The number of rotatable bonds is 3. The molecule has 0 spiro atoms. The average Bonchev–Trinajstić information content (AvgIpc) is 2.46. The van der Waals surface area contributed by atoms with Crippen LogP contribution in [0.2, 0.25) is 0 Å². The normalized spacial score (nSPS) is 18.9. The fourth-order valence-electron chi connectivity index (χ4n) is 2.80. The van der Waals surface area contributed by atoms with Crippen LogP contribution >= 0.6 is 0 Å². The number of hydrogen-bond acceptors (Lipinski definition) is 3. The molecule has 1 fully saturated rings. The van der Waals surface area contributed by atoms with Crippen molar-refractivity contribution in [1.82, 2.24) is 4.90 Å². The number of nitrogens with zero attached hydrogens (tertiary/aromatic N) is 2. The molecule has 0 radical (unpaired) electrons. The third kappa shape index (κ3) is 2.81. The third-order valence-electron chi connectivity index (χ3n) is 4.01. The predicted octanol–water partition coefficient (Wildman–Crippen LogP) is 3.31. The number of nitro benzene ring substituents is 1. The highest BCUT2D eigenvalue weighted by molar-refractivity contribution is 5.95. The number of likely N-dealkylation sites (tertiary alicyclic amines) is 1. The van der Waals surface area contributed by atoms with Crippen molar-refractivity contribution in [2.75, 3.05) is 6.54 Å². The van der Waals surface area contributed by atoms with Crippen LogP contribution in [0, 0.1) is 17.0 Å². The second-order valence-corrected chi connectivity index (χ2v) is 5.31. The van der Waals surface area contributed by atoms with Crippen LogP contribution < -0.4 is 0 Å². The van der Waals surface area contributed by atoms with Crippen molar-refractivity contribution in [2.24, 2.45) is 0 Å². The van der Waals surface area contributed by atoms with E-state index in [0.717, 1.165) is 32.2 Å². The maximum Gasteiger partial charge on any atom is 0.273 e. The fraction of sp³-hybridized carbons (Fsp3) is 0.533. The maximum absolute atomic E-state index is 12.6. The quantitative estimate of drug-likeness (QED) is 0.628. The summed E-state index contributed by atoms with van der Waals surface area (Å²) in [6.07, 6.45) is 4.11. The smallest absolute Gasteiger partial charge is 0.273 e. The number of benzene rings is 1. The zero-order valence-electron chi connectivity index (χ0n) is 12.0. The first-order chi connectivity index (χ1) is 9.54. The number of nitro groups is 1. The van der Waals surface area contributed by atoms with Crippen molar-refractivity contribution in [1.29, 1.82) is 0 Å². The summed E-state index contributed by atoms with van der Waals surface area (Å²) in [6, 6.07) is 5.00. The van der Waals surface area contributed by atoms with E-state index in [2.05, 4.69) is 6.92 Å². The van der Waals surface area contributed by atoms with Gasteiger partial charge in [-0.1, -0.05) is 13.0 Å². The van der Waals surface area contributed by atoms with Gasteiger partial charge in [-0.05, 0) is 38.7 Å². The minimum absolute atomic E-state index is 0.0147. The Kier molecular flexibility index (Phi) is 4.37. The molecule has 5 heteroatoms. The lowest BCUT2D eigenvalue weighted by molar-refractivity contribution is -0.385. The van der Waals surface area contributed by atoms with E-state index in [1.54, 1.807) is 19.1 Å². The van der Waals surface area contributed by atoms with E-state index >= 15 is 0 Å². The second-order valence-electron chi connectivity index (χ2n) is 5.31. The fourth-order valence-corrected chi connectivity index (χ4v) is 2.80. The van der Waals surface area contributed by atoms with E-state index in [0.29, 0.717) is 11.1 Å². The summed E-state index contributed by atoms with van der Waals surface area (Å²) in [6.45, 7) is 4.51. The van der Waals surface area contributed by atoms with Gasteiger partial charge in [-0.25, -0.2) is 0 Å². The summed E-state index contributed by atoms with van der Waals surface area (Å²) >= 11 is 0. The Bertz CT molecular complexity index is 528. The SMILES string of the molecule is CCC1CCCCN1C(=O)c1ccc(C)c([N+](=O)[O-])c1. The number of piperidine rings is 1. The van der Waals surface area contributed by atoms with Crippen molar-refractivity contribution in [3.05, 3.63) is 39.4 Å². The monoisotopic (exact) mass is 276 g/mol. The largest absolute Gasteiger partial charge is 0.336 e. The molecule has 1 heterocycles. The molecule has 1 aromatic carbocycles. The van der Waals surface area contributed by atoms with E-state index in [9.17, 15) is 14.9 Å². The van der Waals surface area contributed by atoms with Crippen LogP contribution in [-0.4, -0.2) is 28.3 Å². The lowest BCUT2D eigenvalue weighted by atomic mass is 9.98. The van der Waals surface area contributed by atoms with Crippen molar-refractivity contribution in [2.45, 2.75) is 45.6 Å². The Labute approximate surface area is 118 Å². The van der Waals surface area contributed by atoms with Gasteiger partial charge in [0.2, 0.25) is 0 Å². The molecule has 1 saturated heterocycles. The van der Waals surface area contributed by atoms with E-state index in [-0.39, 0.29) is 17.6 Å². The predicted molar refractivity (Wildman–Crippen MR) is 76.8 cm³/mol. The second kappa shape index (κ2) is 6.03. The van der Waals surface area contributed by atoms with Crippen LogP contribution in [-0.2, 0) is 0 Å². The minimum atomic E-state index is -0.431. The molecule has 5 nitrogen and oxygen atoms in total. The molecular weight excluding hydrogens is 256 g/mol. The zero-order valence-corrected chi connectivity index (χ0v) is 12.0. The van der Waals surface area contributed by atoms with Crippen molar-refractivity contribution < 1.29 is 9.72 Å². The van der Waals surface area contributed by atoms with Gasteiger partial charge >= 0.3 is 0 Å². The molecule has 1 aliphatic rings. The zero-order chi connectivity index (χ0) is 14.7. The number of hydrogen-bond donors (Lipinski definition) is 0. The lowest BCUT2D eigenvalue weighted by Gasteiger charge is -2.35. The molecule has 1 unspecified atom stereocenters. The molecule has 0 saturated carbocycles. The van der Waals surface area contributed by atoms with Crippen LogP contribution in [0.15, 0.2) is 18.2 Å². The molecule has 1 aliphatic heterocycles. The molecule has 1 aromatic rings. The highest BCUT2D eigenvalue weighted by atomic mass is 16.6. The van der Waals surface area contributed by atoms with Crippen LogP contribution in [0.5, 0.6) is 0 Å². The van der Waals surface area contributed by atoms with Gasteiger partial charge in [-0.15, -0.1) is 0 Å². The van der Waals surface area contributed by atoms with Crippen LogP contribution in [0.4, 0.5) is 5.69 Å². The summed E-state index contributed by atoms with van der Waals surface area (Å²) in [4.78, 5) is 25.0. The van der Waals surface area contributed by atoms with Gasteiger partial charge in [0.25, 0.3) is 11.6 Å². The maximum atomic E-state index is 12.6. The highest BCUT2D eigenvalue weighted by Gasteiger charge is 2.27. The third-order valence-corrected chi connectivity index (χ3v) is 4.01. The van der Waals surface area contributed by atoms with Gasteiger partial charge in [0, 0.05) is 29.8 Å². The molecular formula is C15H20N2O3. The van der Waals surface area contributed by atoms with E-state index in [1.165, 1.54) is 6.07 Å². The topological polar surface area (TPSA) is 63.5 Å². The van der Waals surface area contributed by atoms with Gasteiger partial charge < -0.3 is 4.90 Å². The molecule has 108 valence electrons. The van der Waals surface area contributed by atoms with Crippen LogP contribution in [0.25, 0.3) is 0 Å². The van der Waals surface area contributed by atoms with Crippen LogP contribution in [0.1, 0.15) is 48.5 Å². The standard InChI is InChI=1S/C15H20N2O3/c1-3-13-6-4-5-9-16(13)15(18)12-8-7-11(2)14(10-12)17(19)20/h7-8,10,13H,3-6,9H2,1-2H3. The van der Waals surface area contributed by atoms with Crippen molar-refractivity contribution in [3.63, 3.8) is 0 Å². The molecule has 2 rings (SSSR count).